The minimum absolute atomic E-state index is 0.158. The zero-order valence-corrected chi connectivity index (χ0v) is 19.9. The second-order valence-electron chi connectivity index (χ2n) is 8.08. The molecule has 0 fully saturated rings. The Morgan fingerprint density at radius 1 is 1.10 bits per heavy atom. The van der Waals surface area contributed by atoms with Crippen LogP contribution in [0.4, 0.5) is 8.78 Å². The molecule has 0 spiro atoms. The van der Waals surface area contributed by atoms with E-state index >= 15 is 0 Å². The van der Waals surface area contributed by atoms with Crippen molar-refractivity contribution in [2.24, 2.45) is 0 Å². The van der Waals surface area contributed by atoms with E-state index in [-0.39, 0.29) is 23.7 Å². The van der Waals surface area contributed by atoms with Crippen LogP contribution in [0.25, 0.3) is 0 Å². The van der Waals surface area contributed by atoms with Crippen molar-refractivity contribution in [3.05, 3.63) is 65.2 Å². The van der Waals surface area contributed by atoms with Gasteiger partial charge in [-0.2, -0.15) is 0 Å². The quantitative estimate of drug-likeness (QED) is 0.199. The van der Waals surface area contributed by atoms with E-state index in [2.05, 4.69) is 23.7 Å². The van der Waals surface area contributed by atoms with Crippen molar-refractivity contribution in [3.63, 3.8) is 0 Å². The third-order valence-electron chi connectivity index (χ3n) is 5.11. The predicted molar refractivity (Wildman–Crippen MR) is 124 cm³/mol. The molecule has 4 nitrogen and oxygen atoms in total. The maximum absolute atomic E-state index is 14.4. The fourth-order valence-corrected chi connectivity index (χ4v) is 4.61. The molecule has 2 N–H and O–H groups in total. The SMILES string of the molecule is CC(C)(CCCCSc1ccc(CNCCCO[PH](=O)O)cc1F)c1ccccc1F. The van der Waals surface area contributed by atoms with Gasteiger partial charge >= 0.3 is 8.25 Å². The molecule has 0 aromatic heterocycles. The fraction of sp³-hybridized carbons (Fsp3) is 0.478. The second kappa shape index (κ2) is 13.3. The molecule has 0 aliphatic heterocycles. The van der Waals surface area contributed by atoms with Crippen LogP contribution in [0, 0.1) is 11.6 Å². The number of hydrogen-bond donors (Lipinski definition) is 2. The number of rotatable bonds is 14. The lowest BCUT2D eigenvalue weighted by molar-refractivity contribution is 0.276. The average molecular weight is 472 g/mol. The molecule has 0 bridgehead atoms. The second-order valence-corrected chi connectivity index (χ2v) is 10.0. The van der Waals surface area contributed by atoms with Gasteiger partial charge in [0.1, 0.15) is 11.6 Å². The Labute approximate surface area is 188 Å². The van der Waals surface area contributed by atoms with E-state index in [0.29, 0.717) is 24.4 Å². The topological polar surface area (TPSA) is 58.6 Å². The van der Waals surface area contributed by atoms with Crippen molar-refractivity contribution >= 4 is 20.0 Å². The van der Waals surface area contributed by atoms with E-state index in [0.717, 1.165) is 36.1 Å². The van der Waals surface area contributed by atoms with Crippen molar-refractivity contribution < 1.29 is 22.8 Å². The normalized spacial score (nSPS) is 12.8. The van der Waals surface area contributed by atoms with Gasteiger partial charge in [-0.25, -0.2) is 8.78 Å². The number of hydrogen-bond acceptors (Lipinski definition) is 4. The summed E-state index contributed by atoms with van der Waals surface area (Å²) in [5, 5.41) is 3.16. The summed E-state index contributed by atoms with van der Waals surface area (Å²) in [7, 11) is -2.86. The molecule has 8 heteroatoms. The molecule has 0 aliphatic carbocycles. The van der Waals surface area contributed by atoms with Crippen molar-refractivity contribution in [2.75, 3.05) is 18.9 Å². The van der Waals surface area contributed by atoms with Gasteiger partial charge in [0.2, 0.25) is 0 Å². The van der Waals surface area contributed by atoms with Gasteiger partial charge in [-0.1, -0.05) is 44.5 Å². The Morgan fingerprint density at radius 2 is 1.87 bits per heavy atom. The molecule has 0 heterocycles. The standard InChI is InChI=1S/C23H32F2NO3PS/c1-23(2,19-8-3-4-9-20(19)24)12-5-6-15-31-22-11-10-18(16-21(22)25)17-26-13-7-14-29-30(27)28/h3-4,8-11,16,26,30H,5-7,12-15,17H2,1-2H3,(H,27,28). The van der Waals surface area contributed by atoms with E-state index in [1.54, 1.807) is 18.2 Å². The van der Waals surface area contributed by atoms with Crippen molar-refractivity contribution in [1.82, 2.24) is 5.32 Å². The van der Waals surface area contributed by atoms with Gasteiger partial charge in [-0.3, -0.25) is 4.57 Å². The van der Waals surface area contributed by atoms with Gasteiger partial charge in [0.05, 0.1) is 6.61 Å². The van der Waals surface area contributed by atoms with Crippen LogP contribution in [0.3, 0.4) is 0 Å². The van der Waals surface area contributed by atoms with Crippen LogP contribution < -0.4 is 5.32 Å². The number of benzene rings is 2. The molecule has 2 aromatic rings. The van der Waals surface area contributed by atoms with E-state index < -0.39 is 8.25 Å². The minimum atomic E-state index is -2.86. The Morgan fingerprint density at radius 3 is 2.58 bits per heavy atom. The Bertz CT molecular complexity index is 851. The van der Waals surface area contributed by atoms with Crippen molar-refractivity contribution in [3.8, 4) is 0 Å². The molecule has 1 unspecified atom stereocenters. The van der Waals surface area contributed by atoms with Gasteiger partial charge in [-0.05, 0) is 66.3 Å². The van der Waals surface area contributed by atoms with Crippen LogP contribution >= 0.6 is 20.0 Å². The number of thioether (sulfide) groups is 1. The van der Waals surface area contributed by atoms with E-state index in [1.165, 1.54) is 17.8 Å². The number of unbranched alkanes of at least 4 members (excludes halogenated alkanes) is 1. The molecule has 0 saturated heterocycles. The van der Waals surface area contributed by atoms with Crippen LogP contribution in [0.15, 0.2) is 47.4 Å². The highest BCUT2D eigenvalue weighted by Crippen LogP contribution is 2.31. The van der Waals surface area contributed by atoms with Gasteiger partial charge in [0.25, 0.3) is 0 Å². The van der Waals surface area contributed by atoms with E-state index in [9.17, 15) is 13.3 Å². The Kier molecular flexibility index (Phi) is 11.2. The zero-order valence-electron chi connectivity index (χ0n) is 18.1. The largest absolute Gasteiger partial charge is 0.326 e. The first kappa shape index (κ1) is 26.0. The molecule has 2 aromatic carbocycles. The fourth-order valence-electron chi connectivity index (χ4n) is 3.36. The zero-order chi connectivity index (χ0) is 22.7. The highest BCUT2D eigenvalue weighted by atomic mass is 32.2. The summed E-state index contributed by atoms with van der Waals surface area (Å²) in [5.74, 6) is 0.433. The summed E-state index contributed by atoms with van der Waals surface area (Å²) < 4.78 is 43.5. The molecule has 0 radical (unpaired) electrons. The lowest BCUT2D eigenvalue weighted by Crippen LogP contribution is -2.18. The smallest absolute Gasteiger partial charge is 0.316 e. The van der Waals surface area contributed by atoms with Crippen LogP contribution in [-0.2, 0) is 21.0 Å². The highest BCUT2D eigenvalue weighted by molar-refractivity contribution is 7.99. The lowest BCUT2D eigenvalue weighted by atomic mass is 9.80. The first-order valence-electron chi connectivity index (χ1n) is 10.5. The third-order valence-corrected chi connectivity index (χ3v) is 6.69. The molecule has 0 amide bonds. The molecule has 31 heavy (non-hydrogen) atoms. The summed E-state index contributed by atoms with van der Waals surface area (Å²) >= 11 is 1.51. The lowest BCUT2D eigenvalue weighted by Gasteiger charge is -2.25. The molecular weight excluding hydrogens is 439 g/mol. The Balaban J connectivity index is 1.68. The molecule has 1 atom stereocenters. The third kappa shape index (κ3) is 9.42. The molecular formula is C23H32F2NO3PS. The maximum atomic E-state index is 14.4. The van der Waals surface area contributed by atoms with Gasteiger partial charge < -0.3 is 14.7 Å². The minimum Gasteiger partial charge on any atom is -0.326 e. The first-order chi connectivity index (χ1) is 14.8. The summed E-state index contributed by atoms with van der Waals surface area (Å²) in [5.41, 5.74) is 1.37. The predicted octanol–water partition coefficient (Wildman–Crippen LogP) is 6.08. The van der Waals surface area contributed by atoms with Gasteiger partial charge in [0.15, 0.2) is 0 Å². The monoisotopic (exact) mass is 471 g/mol. The maximum Gasteiger partial charge on any atom is 0.316 e. The van der Waals surface area contributed by atoms with Crippen LogP contribution in [0.5, 0.6) is 0 Å². The van der Waals surface area contributed by atoms with Crippen LogP contribution in [0.1, 0.15) is 50.7 Å². The number of nitrogens with one attached hydrogen (secondary N) is 1. The van der Waals surface area contributed by atoms with Crippen LogP contribution in [-0.4, -0.2) is 23.8 Å². The van der Waals surface area contributed by atoms with Gasteiger partial charge in [0, 0.05) is 11.4 Å². The molecule has 0 saturated carbocycles. The average Bonchev–Trinajstić information content (AvgIpc) is 2.71. The summed E-state index contributed by atoms with van der Waals surface area (Å²) in [6, 6.07) is 12.2. The summed E-state index contributed by atoms with van der Waals surface area (Å²) in [6.07, 6.45) is 3.38. The first-order valence-corrected chi connectivity index (χ1v) is 12.8. The van der Waals surface area contributed by atoms with Crippen molar-refractivity contribution in [2.45, 2.75) is 56.4 Å². The van der Waals surface area contributed by atoms with E-state index in [4.69, 9.17) is 4.89 Å². The Hall–Kier alpha value is -1.24. The number of halogens is 2. The summed E-state index contributed by atoms with van der Waals surface area (Å²) in [6.45, 7) is 5.50. The molecule has 0 aliphatic rings. The molecule has 172 valence electrons. The van der Waals surface area contributed by atoms with Gasteiger partial charge in [-0.15, -0.1) is 11.8 Å². The van der Waals surface area contributed by atoms with Crippen molar-refractivity contribution in [1.29, 1.82) is 0 Å². The molecule has 2 rings (SSSR count). The summed E-state index contributed by atoms with van der Waals surface area (Å²) in [4.78, 5) is 9.21. The highest BCUT2D eigenvalue weighted by Gasteiger charge is 2.23. The van der Waals surface area contributed by atoms with Crippen LogP contribution in [0.2, 0.25) is 0 Å². The van der Waals surface area contributed by atoms with E-state index in [1.807, 2.05) is 18.2 Å².